The van der Waals surface area contributed by atoms with Crippen LogP contribution < -0.4 is 0 Å². The first kappa shape index (κ1) is 16.7. The zero-order valence-electron chi connectivity index (χ0n) is 11.3. The van der Waals surface area contributed by atoms with Gasteiger partial charge in [0.15, 0.2) is 5.69 Å². The molecule has 22 heavy (non-hydrogen) atoms. The Bertz CT molecular complexity index is 683. The molecule has 0 radical (unpaired) electrons. The third-order valence-electron chi connectivity index (χ3n) is 2.77. The molecule has 1 aromatic carbocycles. The van der Waals surface area contributed by atoms with Gasteiger partial charge in [0.05, 0.1) is 11.8 Å². The van der Waals surface area contributed by atoms with E-state index in [-0.39, 0.29) is 10.6 Å². The number of hydrogen-bond acceptors (Lipinski definition) is 4. The maximum absolute atomic E-state index is 12.9. The molecule has 0 fully saturated rings. The van der Waals surface area contributed by atoms with Gasteiger partial charge in [-0.05, 0) is 17.7 Å². The molecule has 1 heterocycles. The molecule has 0 amide bonds. The Labute approximate surface area is 133 Å². The second kappa shape index (κ2) is 6.62. The number of hydrogen-bond donors (Lipinski definition) is 1. The molecular formula is C13H11ClF3N3OS. The second-order valence-electron chi connectivity index (χ2n) is 4.35. The Hall–Kier alpha value is -1.67. The van der Waals surface area contributed by atoms with Gasteiger partial charge in [-0.3, -0.25) is 4.68 Å². The molecule has 1 aromatic heterocycles. The minimum Gasteiger partial charge on any atom is -0.411 e. The van der Waals surface area contributed by atoms with Gasteiger partial charge in [-0.25, -0.2) is 0 Å². The summed E-state index contributed by atoms with van der Waals surface area (Å²) in [6, 6.07) is 6.99. The van der Waals surface area contributed by atoms with Gasteiger partial charge in [0.25, 0.3) is 0 Å². The lowest BCUT2D eigenvalue weighted by Crippen LogP contribution is -2.09. The van der Waals surface area contributed by atoms with Gasteiger partial charge >= 0.3 is 6.18 Å². The van der Waals surface area contributed by atoms with Crippen LogP contribution in [0.15, 0.2) is 34.4 Å². The minimum absolute atomic E-state index is 0.253. The van der Waals surface area contributed by atoms with Gasteiger partial charge < -0.3 is 5.21 Å². The molecule has 0 aliphatic rings. The Balaban J connectivity index is 2.30. The van der Waals surface area contributed by atoms with Crippen LogP contribution in [-0.2, 0) is 19.0 Å². The van der Waals surface area contributed by atoms with Gasteiger partial charge in [0, 0.05) is 17.8 Å². The van der Waals surface area contributed by atoms with E-state index in [1.165, 1.54) is 7.05 Å². The average Bonchev–Trinajstić information content (AvgIpc) is 2.75. The highest BCUT2D eigenvalue weighted by Gasteiger charge is 2.38. The van der Waals surface area contributed by atoms with Crippen molar-refractivity contribution in [1.29, 1.82) is 0 Å². The number of oxime groups is 1. The summed E-state index contributed by atoms with van der Waals surface area (Å²) in [5.41, 5.74) is -0.432. The Kier molecular flexibility index (Phi) is 5.02. The molecule has 0 saturated carbocycles. The number of aromatic nitrogens is 2. The fraction of sp³-hybridized carbons (Fsp3) is 0.231. The normalized spacial score (nSPS) is 12.2. The first-order valence-corrected chi connectivity index (χ1v) is 7.38. The number of aryl methyl sites for hydroxylation is 1. The Morgan fingerprint density at radius 3 is 2.55 bits per heavy atom. The van der Waals surface area contributed by atoms with E-state index in [9.17, 15) is 13.2 Å². The average molecular weight is 350 g/mol. The Morgan fingerprint density at radius 1 is 1.36 bits per heavy atom. The molecule has 2 aromatic rings. The minimum atomic E-state index is -4.62. The van der Waals surface area contributed by atoms with Crippen molar-refractivity contribution in [1.82, 2.24) is 9.78 Å². The largest absolute Gasteiger partial charge is 0.435 e. The first-order chi connectivity index (χ1) is 10.3. The quantitative estimate of drug-likeness (QED) is 0.389. The third-order valence-corrected chi connectivity index (χ3v) is 4.26. The predicted octanol–water partition coefficient (Wildman–Crippen LogP) is 4.19. The van der Waals surface area contributed by atoms with Crippen LogP contribution in [0.2, 0.25) is 5.02 Å². The van der Waals surface area contributed by atoms with Gasteiger partial charge in [0.2, 0.25) is 0 Å². The van der Waals surface area contributed by atoms with Crippen molar-refractivity contribution in [2.24, 2.45) is 12.2 Å². The highest BCUT2D eigenvalue weighted by molar-refractivity contribution is 7.98. The van der Waals surface area contributed by atoms with E-state index in [0.717, 1.165) is 28.2 Å². The molecule has 0 spiro atoms. The molecule has 118 valence electrons. The molecule has 0 unspecified atom stereocenters. The van der Waals surface area contributed by atoms with Crippen LogP contribution in [0.5, 0.6) is 0 Å². The van der Waals surface area contributed by atoms with Crippen molar-refractivity contribution in [3.05, 3.63) is 46.1 Å². The lowest BCUT2D eigenvalue weighted by Gasteiger charge is -2.05. The summed E-state index contributed by atoms with van der Waals surface area (Å²) in [5, 5.41) is 15.6. The van der Waals surface area contributed by atoms with Crippen molar-refractivity contribution in [2.45, 2.75) is 17.0 Å². The molecule has 0 aliphatic heterocycles. The standard InChI is InChI=1S/C13H11ClF3N3OS/c1-20-12(22-7-8-2-4-9(14)5-3-8)10(6-18-21)11(19-20)13(15,16)17/h2-6,21H,7H2,1H3/b18-6-. The van der Waals surface area contributed by atoms with E-state index in [1.54, 1.807) is 24.3 Å². The molecule has 0 saturated heterocycles. The Morgan fingerprint density at radius 2 is 2.00 bits per heavy atom. The number of rotatable bonds is 4. The van der Waals surface area contributed by atoms with E-state index >= 15 is 0 Å². The van der Waals surface area contributed by atoms with Crippen LogP contribution in [0.4, 0.5) is 13.2 Å². The summed E-state index contributed by atoms with van der Waals surface area (Å²) in [4.78, 5) is 0. The smallest absolute Gasteiger partial charge is 0.411 e. The lowest BCUT2D eigenvalue weighted by atomic mass is 10.2. The fourth-order valence-electron chi connectivity index (χ4n) is 1.81. The van der Waals surface area contributed by atoms with E-state index in [1.807, 2.05) is 0 Å². The fourth-order valence-corrected chi connectivity index (χ4v) is 2.97. The number of alkyl halides is 3. The molecule has 0 aliphatic carbocycles. The number of nitrogens with zero attached hydrogens (tertiary/aromatic N) is 3. The molecule has 1 N–H and O–H groups in total. The maximum Gasteiger partial charge on any atom is 0.435 e. The van der Waals surface area contributed by atoms with Crippen LogP contribution in [0, 0.1) is 0 Å². The van der Waals surface area contributed by atoms with Crippen molar-refractivity contribution < 1.29 is 18.4 Å². The summed E-state index contributed by atoms with van der Waals surface area (Å²) in [6.07, 6.45) is -3.87. The van der Waals surface area contributed by atoms with E-state index in [4.69, 9.17) is 16.8 Å². The summed E-state index contributed by atoms with van der Waals surface area (Å²) in [6.45, 7) is 0. The van der Waals surface area contributed by atoms with Crippen molar-refractivity contribution in [3.8, 4) is 0 Å². The monoisotopic (exact) mass is 349 g/mol. The molecule has 9 heteroatoms. The first-order valence-electron chi connectivity index (χ1n) is 6.01. The zero-order chi connectivity index (χ0) is 16.3. The van der Waals surface area contributed by atoms with Crippen molar-refractivity contribution in [3.63, 3.8) is 0 Å². The van der Waals surface area contributed by atoms with Gasteiger partial charge in [0.1, 0.15) is 5.03 Å². The predicted molar refractivity (Wildman–Crippen MR) is 78.6 cm³/mol. The van der Waals surface area contributed by atoms with E-state index < -0.39 is 11.9 Å². The van der Waals surface area contributed by atoms with E-state index in [0.29, 0.717) is 10.8 Å². The number of thioether (sulfide) groups is 1. The van der Waals surface area contributed by atoms with Crippen LogP contribution >= 0.6 is 23.4 Å². The lowest BCUT2D eigenvalue weighted by molar-refractivity contribution is -0.141. The molecule has 0 atom stereocenters. The maximum atomic E-state index is 12.9. The highest BCUT2D eigenvalue weighted by Crippen LogP contribution is 2.35. The van der Waals surface area contributed by atoms with Crippen LogP contribution in [0.25, 0.3) is 0 Å². The molecule has 2 rings (SSSR count). The summed E-state index contributed by atoms with van der Waals surface area (Å²) in [7, 11) is 1.41. The van der Waals surface area contributed by atoms with E-state index in [2.05, 4.69) is 10.3 Å². The van der Waals surface area contributed by atoms with Gasteiger partial charge in [-0.1, -0.05) is 28.9 Å². The van der Waals surface area contributed by atoms with Crippen molar-refractivity contribution >= 4 is 29.6 Å². The second-order valence-corrected chi connectivity index (χ2v) is 5.75. The summed E-state index contributed by atoms with van der Waals surface area (Å²) in [5.74, 6) is 0.431. The van der Waals surface area contributed by atoms with Crippen LogP contribution in [0.1, 0.15) is 16.8 Å². The van der Waals surface area contributed by atoms with Crippen LogP contribution in [-0.4, -0.2) is 21.2 Å². The van der Waals surface area contributed by atoms with Gasteiger partial charge in [-0.15, -0.1) is 11.8 Å². The molecule has 0 bridgehead atoms. The molecular weight excluding hydrogens is 339 g/mol. The zero-order valence-corrected chi connectivity index (χ0v) is 12.9. The van der Waals surface area contributed by atoms with Crippen molar-refractivity contribution in [2.75, 3.05) is 0 Å². The number of benzene rings is 1. The highest BCUT2D eigenvalue weighted by atomic mass is 35.5. The summed E-state index contributed by atoms with van der Waals surface area (Å²) >= 11 is 6.95. The van der Waals surface area contributed by atoms with Crippen LogP contribution in [0.3, 0.4) is 0 Å². The third kappa shape index (κ3) is 3.75. The topological polar surface area (TPSA) is 50.4 Å². The summed E-state index contributed by atoms with van der Waals surface area (Å²) < 4.78 is 39.9. The molecule has 4 nitrogen and oxygen atoms in total. The number of halogens is 4. The SMILES string of the molecule is Cn1nc(C(F)(F)F)c(/C=N\O)c1SCc1ccc(Cl)cc1. The van der Waals surface area contributed by atoms with Gasteiger partial charge in [-0.2, -0.15) is 18.3 Å².